The third kappa shape index (κ3) is 4.60. The number of ether oxygens (including phenoxy) is 2. The summed E-state index contributed by atoms with van der Waals surface area (Å²) >= 11 is 0. The van der Waals surface area contributed by atoms with Crippen molar-refractivity contribution in [2.24, 2.45) is 5.92 Å². The van der Waals surface area contributed by atoms with E-state index < -0.39 is 5.82 Å². The second kappa shape index (κ2) is 8.80. The minimum Gasteiger partial charge on any atom is -0.481 e. The van der Waals surface area contributed by atoms with Crippen molar-refractivity contribution < 1.29 is 23.1 Å². The van der Waals surface area contributed by atoms with Gasteiger partial charge in [-0.05, 0) is 37.8 Å². The van der Waals surface area contributed by atoms with Gasteiger partial charge in [0.15, 0.2) is 23.9 Å². The molecule has 3 rings (SSSR count). The van der Waals surface area contributed by atoms with E-state index in [0.29, 0.717) is 19.0 Å². The molecule has 1 amide bonds. The summed E-state index contributed by atoms with van der Waals surface area (Å²) < 4.78 is 29.6. The molecule has 140 valence electrons. The Labute approximate surface area is 151 Å². The van der Waals surface area contributed by atoms with Gasteiger partial charge in [0.1, 0.15) is 6.26 Å². The van der Waals surface area contributed by atoms with Crippen LogP contribution in [0.1, 0.15) is 36.1 Å². The highest BCUT2D eigenvalue weighted by molar-refractivity contribution is 5.92. The Morgan fingerprint density at radius 3 is 2.85 bits per heavy atom. The Bertz CT molecular complexity index is 728. The Balaban J connectivity index is 1.58. The first-order valence-electron chi connectivity index (χ1n) is 8.86. The van der Waals surface area contributed by atoms with Crippen LogP contribution in [0.25, 0.3) is 0 Å². The van der Waals surface area contributed by atoms with Crippen LogP contribution in [0.5, 0.6) is 5.75 Å². The molecule has 1 aromatic heterocycles. The lowest BCUT2D eigenvalue weighted by Gasteiger charge is -2.28. The van der Waals surface area contributed by atoms with Crippen LogP contribution >= 0.6 is 0 Å². The molecule has 0 aliphatic carbocycles. The molecule has 1 fully saturated rings. The lowest BCUT2D eigenvalue weighted by atomic mass is 9.99. The third-order valence-electron chi connectivity index (χ3n) is 4.45. The second-order valence-corrected chi connectivity index (χ2v) is 6.25. The summed E-state index contributed by atoms with van der Waals surface area (Å²) in [5.41, 5.74) is 0.242. The van der Waals surface area contributed by atoms with Gasteiger partial charge in [-0.25, -0.2) is 9.37 Å². The number of aromatic nitrogens is 1. The number of halogens is 1. The summed E-state index contributed by atoms with van der Waals surface area (Å²) in [5, 5.41) is 0. The molecule has 0 unspecified atom stereocenters. The summed E-state index contributed by atoms with van der Waals surface area (Å²) in [6, 6.07) is 6.10. The van der Waals surface area contributed by atoms with Gasteiger partial charge in [-0.15, -0.1) is 0 Å². The first-order chi connectivity index (χ1) is 12.7. The number of nitrogens with zero attached hydrogens (tertiary/aromatic N) is 2. The summed E-state index contributed by atoms with van der Waals surface area (Å²) in [6.07, 6.45) is 3.25. The van der Waals surface area contributed by atoms with Crippen molar-refractivity contribution in [3.8, 4) is 5.75 Å². The number of hydrogen-bond donors (Lipinski definition) is 0. The number of carbonyl (C=O) groups is 1. The van der Waals surface area contributed by atoms with Crippen molar-refractivity contribution in [1.29, 1.82) is 0 Å². The average Bonchev–Trinajstić information content (AvgIpc) is 3.15. The van der Waals surface area contributed by atoms with E-state index in [1.165, 1.54) is 18.4 Å². The zero-order valence-electron chi connectivity index (χ0n) is 14.8. The number of hydrogen-bond acceptors (Lipinski definition) is 5. The fraction of sp³-hybridized carbons (Fsp3) is 0.474. The van der Waals surface area contributed by atoms with Gasteiger partial charge in [0.25, 0.3) is 5.91 Å². The Hall–Kier alpha value is -2.41. The summed E-state index contributed by atoms with van der Waals surface area (Å²) in [5.74, 6) is 0.180. The number of benzene rings is 1. The predicted molar refractivity (Wildman–Crippen MR) is 92.4 cm³/mol. The van der Waals surface area contributed by atoms with Crippen LogP contribution in [0.4, 0.5) is 4.39 Å². The van der Waals surface area contributed by atoms with Crippen molar-refractivity contribution in [2.75, 3.05) is 26.3 Å². The van der Waals surface area contributed by atoms with Crippen LogP contribution in [-0.4, -0.2) is 42.1 Å². The number of rotatable bonds is 7. The van der Waals surface area contributed by atoms with Gasteiger partial charge in [-0.1, -0.05) is 12.1 Å². The molecule has 6 nitrogen and oxygen atoms in total. The highest BCUT2D eigenvalue weighted by Crippen LogP contribution is 2.19. The molecule has 0 atom stereocenters. The van der Waals surface area contributed by atoms with Crippen LogP contribution < -0.4 is 4.74 Å². The van der Waals surface area contributed by atoms with E-state index in [2.05, 4.69) is 4.98 Å². The molecular formula is C19H23FN2O4. The van der Waals surface area contributed by atoms with Crippen molar-refractivity contribution in [3.63, 3.8) is 0 Å². The molecular weight excluding hydrogens is 339 g/mol. The first kappa shape index (κ1) is 18.4. The van der Waals surface area contributed by atoms with E-state index in [1.54, 1.807) is 17.0 Å². The smallest absolute Gasteiger partial charge is 0.275 e. The molecule has 1 saturated heterocycles. The molecule has 0 radical (unpaired) electrons. The van der Waals surface area contributed by atoms with Crippen molar-refractivity contribution in [3.05, 3.63) is 47.9 Å². The van der Waals surface area contributed by atoms with Gasteiger partial charge < -0.3 is 18.8 Å². The van der Waals surface area contributed by atoms with E-state index >= 15 is 0 Å². The normalized spacial score (nSPS) is 15.0. The van der Waals surface area contributed by atoms with Gasteiger partial charge in [-0.3, -0.25) is 4.79 Å². The predicted octanol–water partition coefficient (Wildman–Crippen LogP) is 3.28. The fourth-order valence-electron chi connectivity index (χ4n) is 2.93. The molecule has 0 N–H and O–H groups in total. The Morgan fingerprint density at radius 1 is 1.35 bits per heavy atom. The van der Waals surface area contributed by atoms with Crippen LogP contribution in [0.3, 0.4) is 0 Å². The zero-order valence-corrected chi connectivity index (χ0v) is 14.8. The Morgan fingerprint density at radius 2 is 2.12 bits per heavy atom. The highest BCUT2D eigenvalue weighted by atomic mass is 19.1. The van der Waals surface area contributed by atoms with Crippen LogP contribution in [0.15, 0.2) is 34.9 Å². The summed E-state index contributed by atoms with van der Waals surface area (Å²) in [6.45, 7) is 4.69. The first-order valence-corrected chi connectivity index (χ1v) is 8.86. The van der Waals surface area contributed by atoms with Crippen molar-refractivity contribution in [1.82, 2.24) is 9.88 Å². The second-order valence-electron chi connectivity index (χ2n) is 6.25. The standard InChI is InChI=1S/C19H23FN2O4/c1-2-22(11-14-7-9-24-10-8-14)19(23)16-12-26-18(21-16)13-25-17-6-4-3-5-15(17)20/h3-6,12,14H,2,7-11,13H2,1H3. The maximum atomic E-state index is 13.6. The molecule has 1 aromatic carbocycles. The number of oxazole rings is 1. The van der Waals surface area contributed by atoms with Crippen LogP contribution in [0, 0.1) is 11.7 Å². The van der Waals surface area contributed by atoms with E-state index in [0.717, 1.165) is 26.1 Å². The lowest BCUT2D eigenvalue weighted by Crippen LogP contribution is -2.37. The molecule has 1 aliphatic rings. The van der Waals surface area contributed by atoms with Crippen molar-refractivity contribution in [2.45, 2.75) is 26.4 Å². The molecule has 1 aliphatic heterocycles. The largest absolute Gasteiger partial charge is 0.481 e. The highest BCUT2D eigenvalue weighted by Gasteiger charge is 2.23. The molecule has 0 bridgehead atoms. The molecule has 2 heterocycles. The summed E-state index contributed by atoms with van der Waals surface area (Å²) in [4.78, 5) is 18.6. The molecule has 7 heteroatoms. The SMILES string of the molecule is CCN(CC1CCOCC1)C(=O)c1coc(COc2ccccc2F)n1. The Kier molecular flexibility index (Phi) is 6.22. The van der Waals surface area contributed by atoms with Gasteiger partial charge in [0, 0.05) is 26.3 Å². The van der Waals surface area contributed by atoms with Gasteiger partial charge in [0.05, 0.1) is 0 Å². The van der Waals surface area contributed by atoms with Crippen LogP contribution in [-0.2, 0) is 11.3 Å². The fourth-order valence-corrected chi connectivity index (χ4v) is 2.93. The topological polar surface area (TPSA) is 64.8 Å². The van der Waals surface area contributed by atoms with Crippen LogP contribution in [0.2, 0.25) is 0 Å². The monoisotopic (exact) mass is 362 g/mol. The molecule has 0 spiro atoms. The minimum absolute atomic E-state index is 0.0414. The number of carbonyl (C=O) groups excluding carboxylic acids is 1. The third-order valence-corrected chi connectivity index (χ3v) is 4.45. The van der Waals surface area contributed by atoms with Gasteiger partial charge >= 0.3 is 0 Å². The summed E-state index contributed by atoms with van der Waals surface area (Å²) in [7, 11) is 0. The van der Waals surface area contributed by atoms with Gasteiger partial charge in [0.2, 0.25) is 5.89 Å². The average molecular weight is 362 g/mol. The van der Waals surface area contributed by atoms with Gasteiger partial charge in [-0.2, -0.15) is 0 Å². The number of amides is 1. The molecule has 0 saturated carbocycles. The number of para-hydroxylation sites is 1. The van der Waals surface area contributed by atoms with E-state index in [9.17, 15) is 9.18 Å². The van der Waals surface area contributed by atoms with E-state index in [-0.39, 0.29) is 29.8 Å². The maximum Gasteiger partial charge on any atom is 0.275 e. The zero-order chi connectivity index (χ0) is 18.4. The molecule has 26 heavy (non-hydrogen) atoms. The minimum atomic E-state index is -0.455. The van der Waals surface area contributed by atoms with Crippen molar-refractivity contribution >= 4 is 5.91 Å². The molecule has 2 aromatic rings. The van der Waals surface area contributed by atoms with E-state index in [4.69, 9.17) is 13.9 Å². The lowest BCUT2D eigenvalue weighted by molar-refractivity contribution is 0.0464. The van der Waals surface area contributed by atoms with E-state index in [1.807, 2.05) is 6.92 Å². The quantitative estimate of drug-likeness (QED) is 0.756. The maximum absolute atomic E-state index is 13.6.